The van der Waals surface area contributed by atoms with E-state index in [-0.39, 0.29) is 18.0 Å². The Labute approximate surface area is 151 Å². The number of aromatic nitrogens is 2. The van der Waals surface area contributed by atoms with Gasteiger partial charge in [-0.15, -0.1) is 0 Å². The summed E-state index contributed by atoms with van der Waals surface area (Å²) in [4.78, 5) is 4.28. The Kier molecular flexibility index (Phi) is 4.44. The fraction of sp³-hybridized carbons (Fsp3) is 0.222. The minimum absolute atomic E-state index is 0.198. The third-order valence-electron chi connectivity index (χ3n) is 4.26. The summed E-state index contributed by atoms with van der Waals surface area (Å²) in [5, 5.41) is 4.06. The Bertz CT molecular complexity index is 988. The van der Waals surface area contributed by atoms with Crippen LogP contribution in [-0.4, -0.2) is 29.4 Å². The van der Waals surface area contributed by atoms with Gasteiger partial charge in [-0.2, -0.15) is 4.31 Å². The number of ether oxygens (including phenoxy) is 1. The van der Waals surface area contributed by atoms with E-state index in [0.29, 0.717) is 30.2 Å². The molecule has 1 aliphatic heterocycles. The number of nitrogens with zero attached hydrogens (tertiary/aromatic N) is 3. The molecule has 0 saturated carbocycles. The van der Waals surface area contributed by atoms with Gasteiger partial charge in [0.25, 0.3) is 0 Å². The van der Waals surface area contributed by atoms with Crippen LogP contribution in [0.2, 0.25) is 0 Å². The van der Waals surface area contributed by atoms with Gasteiger partial charge in [-0.1, -0.05) is 23.4 Å². The van der Waals surface area contributed by atoms with E-state index in [1.54, 1.807) is 54.9 Å². The average molecular weight is 371 g/mol. The lowest BCUT2D eigenvalue weighted by Crippen LogP contribution is -2.35. The summed E-state index contributed by atoms with van der Waals surface area (Å²) in [6, 6.07) is 12.0. The Morgan fingerprint density at radius 1 is 1.15 bits per heavy atom. The molecule has 7 nitrogen and oxygen atoms in total. The van der Waals surface area contributed by atoms with Crippen molar-refractivity contribution >= 4 is 10.0 Å². The Balaban J connectivity index is 1.54. The van der Waals surface area contributed by atoms with Crippen LogP contribution in [0.15, 0.2) is 64.3 Å². The minimum Gasteiger partial charge on any atom is -0.486 e. The largest absolute Gasteiger partial charge is 0.486 e. The van der Waals surface area contributed by atoms with Crippen molar-refractivity contribution in [2.45, 2.75) is 24.5 Å². The molecule has 4 rings (SSSR count). The molecule has 8 heteroatoms. The quantitative estimate of drug-likeness (QED) is 0.685. The first-order chi connectivity index (χ1) is 12.6. The van der Waals surface area contributed by atoms with Crippen LogP contribution < -0.4 is 4.74 Å². The van der Waals surface area contributed by atoms with Gasteiger partial charge in [0.2, 0.25) is 10.0 Å². The maximum Gasteiger partial charge on any atom is 0.243 e. The fourth-order valence-corrected chi connectivity index (χ4v) is 4.31. The van der Waals surface area contributed by atoms with Crippen LogP contribution in [0.25, 0.3) is 0 Å². The summed E-state index contributed by atoms with van der Waals surface area (Å²) in [5.74, 6) is 1.34. The molecule has 0 saturated heterocycles. The van der Waals surface area contributed by atoms with Gasteiger partial charge in [-0.3, -0.25) is 4.98 Å². The highest BCUT2D eigenvalue weighted by atomic mass is 32.2. The number of fused-ring (bicyclic) bond motifs is 1. The van der Waals surface area contributed by atoms with Gasteiger partial charge in [0.15, 0.2) is 0 Å². The molecular formula is C18H17N3O4S. The van der Waals surface area contributed by atoms with Crippen LogP contribution in [0.3, 0.4) is 0 Å². The zero-order valence-electron chi connectivity index (χ0n) is 13.9. The maximum atomic E-state index is 12.8. The highest BCUT2D eigenvalue weighted by Gasteiger charge is 2.32. The van der Waals surface area contributed by atoms with Gasteiger partial charge in [0, 0.05) is 31.3 Å². The molecule has 3 heterocycles. The molecule has 0 radical (unpaired) electrons. The number of pyridine rings is 1. The van der Waals surface area contributed by atoms with E-state index in [9.17, 15) is 8.42 Å². The summed E-state index contributed by atoms with van der Waals surface area (Å²) in [5.41, 5.74) is 1.39. The molecule has 0 amide bonds. The second kappa shape index (κ2) is 6.89. The molecule has 0 unspecified atom stereocenters. The van der Waals surface area contributed by atoms with Crippen LogP contribution >= 0.6 is 0 Å². The van der Waals surface area contributed by atoms with Crippen LogP contribution in [0, 0.1) is 0 Å². The molecule has 3 aromatic rings. The van der Waals surface area contributed by atoms with E-state index >= 15 is 0 Å². The van der Waals surface area contributed by atoms with E-state index < -0.39 is 10.0 Å². The lowest BCUT2D eigenvalue weighted by atomic mass is 10.1. The Morgan fingerprint density at radius 2 is 2.00 bits per heavy atom. The van der Waals surface area contributed by atoms with E-state index in [1.807, 2.05) is 0 Å². The number of rotatable bonds is 5. The molecule has 1 aliphatic rings. The molecule has 0 bridgehead atoms. The van der Waals surface area contributed by atoms with Crippen molar-refractivity contribution in [1.29, 1.82) is 0 Å². The molecule has 0 N–H and O–H groups in total. The summed E-state index contributed by atoms with van der Waals surface area (Å²) >= 11 is 0. The van der Waals surface area contributed by atoms with Gasteiger partial charge < -0.3 is 9.26 Å². The molecule has 2 aromatic heterocycles. The fourth-order valence-electron chi connectivity index (χ4n) is 2.88. The normalized spacial score (nSPS) is 14.8. The van der Waals surface area contributed by atoms with E-state index in [2.05, 4.69) is 10.1 Å². The highest BCUT2D eigenvalue weighted by molar-refractivity contribution is 7.89. The topological polar surface area (TPSA) is 85.5 Å². The molecule has 0 aliphatic carbocycles. The lowest BCUT2D eigenvalue weighted by molar-refractivity contribution is 0.286. The number of sulfonamides is 1. The first-order valence-electron chi connectivity index (χ1n) is 8.19. The van der Waals surface area contributed by atoms with E-state index in [4.69, 9.17) is 9.26 Å². The molecule has 1 aromatic carbocycles. The van der Waals surface area contributed by atoms with Gasteiger partial charge in [0.1, 0.15) is 23.8 Å². The maximum absolute atomic E-state index is 12.8. The second-order valence-corrected chi connectivity index (χ2v) is 7.85. The average Bonchev–Trinajstić information content (AvgIpc) is 3.10. The zero-order chi connectivity index (χ0) is 18.0. The van der Waals surface area contributed by atoms with E-state index in [0.717, 1.165) is 5.56 Å². The Hall–Kier alpha value is -2.71. The van der Waals surface area contributed by atoms with Crippen molar-refractivity contribution in [3.05, 3.63) is 71.9 Å². The number of hydrogen-bond acceptors (Lipinski definition) is 6. The van der Waals surface area contributed by atoms with E-state index in [1.165, 1.54) is 4.31 Å². The van der Waals surface area contributed by atoms with Crippen molar-refractivity contribution in [1.82, 2.24) is 14.4 Å². The van der Waals surface area contributed by atoms with Crippen molar-refractivity contribution in [2.75, 3.05) is 6.54 Å². The summed E-state index contributed by atoms with van der Waals surface area (Å²) < 4.78 is 38.2. The minimum atomic E-state index is -3.55. The molecule has 0 spiro atoms. The van der Waals surface area contributed by atoms with Crippen LogP contribution in [-0.2, 0) is 29.6 Å². The third-order valence-corrected chi connectivity index (χ3v) is 6.12. The molecule has 0 fully saturated rings. The number of benzene rings is 1. The number of hydrogen-bond donors (Lipinski definition) is 0. The van der Waals surface area contributed by atoms with Crippen molar-refractivity contribution in [3.8, 4) is 5.75 Å². The van der Waals surface area contributed by atoms with Crippen LogP contribution in [0.1, 0.15) is 17.0 Å². The van der Waals surface area contributed by atoms with Crippen molar-refractivity contribution in [2.24, 2.45) is 0 Å². The molecule has 26 heavy (non-hydrogen) atoms. The van der Waals surface area contributed by atoms with Gasteiger partial charge in [-0.05, 0) is 24.3 Å². The third kappa shape index (κ3) is 3.21. The molecule has 134 valence electrons. The van der Waals surface area contributed by atoms with Gasteiger partial charge in [0.05, 0.1) is 11.1 Å². The summed E-state index contributed by atoms with van der Waals surface area (Å²) in [6.07, 6.45) is 3.76. The monoisotopic (exact) mass is 371 g/mol. The zero-order valence-corrected chi connectivity index (χ0v) is 14.7. The van der Waals surface area contributed by atoms with Crippen LogP contribution in [0.5, 0.6) is 5.75 Å². The molecular weight excluding hydrogens is 354 g/mol. The van der Waals surface area contributed by atoms with Gasteiger partial charge in [-0.25, -0.2) is 8.42 Å². The highest BCUT2D eigenvalue weighted by Crippen LogP contribution is 2.27. The smallest absolute Gasteiger partial charge is 0.243 e. The van der Waals surface area contributed by atoms with Crippen molar-refractivity contribution in [3.63, 3.8) is 0 Å². The SMILES string of the molecule is O=S(=O)(c1ccccc1)N1CCc2onc(COc3cccnc3)c2C1. The Morgan fingerprint density at radius 3 is 2.77 bits per heavy atom. The summed E-state index contributed by atoms with van der Waals surface area (Å²) in [6.45, 7) is 0.786. The van der Waals surface area contributed by atoms with Crippen LogP contribution in [0.4, 0.5) is 0 Å². The van der Waals surface area contributed by atoms with Gasteiger partial charge >= 0.3 is 0 Å². The second-order valence-electron chi connectivity index (χ2n) is 5.91. The summed E-state index contributed by atoms with van der Waals surface area (Å²) in [7, 11) is -3.55. The molecule has 0 atom stereocenters. The predicted octanol–water partition coefficient (Wildman–Crippen LogP) is 2.40. The lowest BCUT2D eigenvalue weighted by Gasteiger charge is -2.25. The first kappa shape index (κ1) is 16.7. The predicted molar refractivity (Wildman–Crippen MR) is 92.8 cm³/mol. The standard InChI is InChI=1S/C18H17N3O4S/c22-26(23,15-6-2-1-3-7-15)21-10-8-18-16(12-21)17(20-25-18)13-24-14-5-4-9-19-11-14/h1-7,9,11H,8,10,12-13H2. The first-order valence-corrected chi connectivity index (χ1v) is 9.63. The van der Waals surface area contributed by atoms with Crippen molar-refractivity contribution < 1.29 is 17.7 Å².